The van der Waals surface area contributed by atoms with Crippen molar-refractivity contribution >= 4 is 28.8 Å². The second-order valence-electron chi connectivity index (χ2n) is 8.19. The predicted molar refractivity (Wildman–Crippen MR) is 130 cm³/mol. The fourth-order valence-electron chi connectivity index (χ4n) is 3.55. The monoisotopic (exact) mass is 468 g/mol. The van der Waals surface area contributed by atoms with E-state index in [1.165, 1.54) is 0 Å². The Morgan fingerprint density at radius 1 is 1.12 bits per heavy atom. The van der Waals surface area contributed by atoms with Gasteiger partial charge >= 0.3 is 0 Å². The Balaban J connectivity index is 1.36. The van der Waals surface area contributed by atoms with Gasteiger partial charge < -0.3 is 25.0 Å². The molecule has 180 valence electrons. The summed E-state index contributed by atoms with van der Waals surface area (Å²) in [5, 5.41) is 13.3. The Morgan fingerprint density at radius 3 is 2.65 bits per heavy atom. The molecular formula is C23H29FN8O2. The fraction of sp³-hybridized carbons (Fsp3) is 0.348. The highest BCUT2D eigenvalue weighted by Crippen LogP contribution is 2.28. The van der Waals surface area contributed by atoms with Gasteiger partial charge in [0.1, 0.15) is 5.75 Å². The standard InChI is InChI=1S/C23H29FN8O2/c1-15-8-17(25-14-21(15)28-16-9-18(31(2)3)11-19(33)10-16)12-27-30-23-26-13-20(24)22(29-23)32-4-6-34-7-5-32/h8-11,13-14,27-28,33H,4-7,12H2,1-3H3,(H,26,29,30). The molecule has 3 heterocycles. The summed E-state index contributed by atoms with van der Waals surface area (Å²) in [6.45, 7) is 4.65. The SMILES string of the molecule is Cc1cc(CNNc2ncc(F)c(N3CCOCC3)n2)ncc1Nc1cc(O)cc(N(C)C)c1. The average Bonchev–Trinajstić information content (AvgIpc) is 2.82. The number of aromatic nitrogens is 3. The van der Waals surface area contributed by atoms with Crippen molar-refractivity contribution in [2.75, 3.05) is 60.9 Å². The summed E-state index contributed by atoms with van der Waals surface area (Å²) < 4.78 is 19.5. The van der Waals surface area contributed by atoms with Crippen LogP contribution in [0.25, 0.3) is 0 Å². The zero-order valence-corrected chi connectivity index (χ0v) is 19.5. The van der Waals surface area contributed by atoms with Crippen molar-refractivity contribution in [3.8, 4) is 5.75 Å². The van der Waals surface area contributed by atoms with E-state index in [1.807, 2.05) is 43.0 Å². The van der Waals surface area contributed by atoms with Crippen LogP contribution in [0.2, 0.25) is 0 Å². The van der Waals surface area contributed by atoms with Crippen molar-refractivity contribution in [3.05, 3.63) is 53.7 Å². The molecule has 1 aliphatic heterocycles. The van der Waals surface area contributed by atoms with Gasteiger partial charge in [0.25, 0.3) is 0 Å². The average molecular weight is 469 g/mol. The van der Waals surface area contributed by atoms with Gasteiger partial charge in [-0.1, -0.05) is 0 Å². The summed E-state index contributed by atoms with van der Waals surface area (Å²) in [7, 11) is 3.84. The van der Waals surface area contributed by atoms with Crippen LogP contribution in [0.4, 0.5) is 33.2 Å². The molecule has 4 N–H and O–H groups in total. The lowest BCUT2D eigenvalue weighted by atomic mass is 10.2. The molecule has 0 spiro atoms. The molecule has 1 fully saturated rings. The van der Waals surface area contributed by atoms with Crippen molar-refractivity contribution in [3.63, 3.8) is 0 Å². The molecule has 1 aliphatic rings. The highest BCUT2D eigenvalue weighted by molar-refractivity contribution is 5.68. The minimum atomic E-state index is -0.461. The number of anilines is 5. The number of halogens is 1. The molecule has 2 aromatic heterocycles. The minimum Gasteiger partial charge on any atom is -0.508 e. The summed E-state index contributed by atoms with van der Waals surface area (Å²) in [4.78, 5) is 16.5. The third-order valence-corrected chi connectivity index (χ3v) is 5.37. The molecule has 10 nitrogen and oxygen atoms in total. The number of pyridine rings is 1. The lowest BCUT2D eigenvalue weighted by Gasteiger charge is -2.28. The molecule has 1 saturated heterocycles. The molecule has 0 amide bonds. The molecule has 11 heteroatoms. The van der Waals surface area contributed by atoms with Gasteiger partial charge in [-0.15, -0.1) is 0 Å². The lowest BCUT2D eigenvalue weighted by molar-refractivity contribution is 0.122. The van der Waals surface area contributed by atoms with Gasteiger partial charge in [-0.2, -0.15) is 4.98 Å². The number of aromatic hydroxyl groups is 1. The van der Waals surface area contributed by atoms with Crippen LogP contribution in [0.15, 0.2) is 36.7 Å². The van der Waals surface area contributed by atoms with Crippen LogP contribution in [-0.4, -0.2) is 60.5 Å². The van der Waals surface area contributed by atoms with Crippen molar-refractivity contribution < 1.29 is 14.2 Å². The van der Waals surface area contributed by atoms with Crippen LogP contribution in [0, 0.1) is 12.7 Å². The van der Waals surface area contributed by atoms with E-state index in [-0.39, 0.29) is 17.5 Å². The van der Waals surface area contributed by atoms with Crippen LogP contribution in [-0.2, 0) is 11.3 Å². The first-order valence-electron chi connectivity index (χ1n) is 11.0. The minimum absolute atomic E-state index is 0.186. The van der Waals surface area contributed by atoms with Gasteiger partial charge in [-0.3, -0.25) is 10.4 Å². The van der Waals surface area contributed by atoms with Gasteiger partial charge in [0.05, 0.1) is 43.5 Å². The van der Waals surface area contributed by atoms with Crippen molar-refractivity contribution in [2.24, 2.45) is 0 Å². The second-order valence-corrected chi connectivity index (χ2v) is 8.19. The van der Waals surface area contributed by atoms with Crippen molar-refractivity contribution in [1.29, 1.82) is 0 Å². The summed E-state index contributed by atoms with van der Waals surface area (Å²) in [5.41, 5.74) is 10.2. The first kappa shape index (κ1) is 23.5. The van der Waals surface area contributed by atoms with Gasteiger partial charge in [0.2, 0.25) is 5.95 Å². The smallest absolute Gasteiger partial charge is 0.239 e. The maximum absolute atomic E-state index is 14.2. The molecule has 0 bridgehead atoms. The normalized spacial score (nSPS) is 13.6. The second kappa shape index (κ2) is 10.5. The number of ether oxygens (including phenoxy) is 1. The molecule has 0 radical (unpaired) electrons. The molecule has 1 aromatic carbocycles. The third-order valence-electron chi connectivity index (χ3n) is 5.37. The first-order valence-corrected chi connectivity index (χ1v) is 11.0. The maximum Gasteiger partial charge on any atom is 0.239 e. The number of hydrogen-bond donors (Lipinski definition) is 4. The lowest BCUT2D eigenvalue weighted by Crippen LogP contribution is -2.37. The number of hydrazine groups is 1. The molecule has 0 atom stereocenters. The molecule has 0 aliphatic carbocycles. The first-order chi connectivity index (χ1) is 16.4. The summed E-state index contributed by atoms with van der Waals surface area (Å²) >= 11 is 0. The number of hydrogen-bond acceptors (Lipinski definition) is 10. The van der Waals surface area contributed by atoms with Gasteiger partial charge in [0.15, 0.2) is 11.6 Å². The quantitative estimate of drug-likeness (QED) is 0.368. The summed E-state index contributed by atoms with van der Waals surface area (Å²) in [6, 6.07) is 7.27. The zero-order valence-electron chi connectivity index (χ0n) is 19.5. The Bertz CT molecular complexity index is 1140. The molecule has 4 rings (SSSR count). The van der Waals surface area contributed by atoms with Crippen LogP contribution in [0.3, 0.4) is 0 Å². The highest BCUT2D eigenvalue weighted by Gasteiger charge is 2.17. The molecule has 0 saturated carbocycles. The predicted octanol–water partition coefficient (Wildman–Crippen LogP) is 2.79. The number of phenols is 1. The molecule has 3 aromatic rings. The topological polar surface area (TPSA) is 111 Å². The van der Waals surface area contributed by atoms with E-state index in [0.717, 1.165) is 34.5 Å². The van der Waals surface area contributed by atoms with Crippen LogP contribution >= 0.6 is 0 Å². The molecule has 0 unspecified atom stereocenters. The van der Waals surface area contributed by atoms with E-state index in [0.29, 0.717) is 32.8 Å². The number of aryl methyl sites for hydroxylation is 1. The maximum atomic E-state index is 14.2. The number of phenolic OH excluding ortho intramolecular Hbond substituents is 1. The molecule has 34 heavy (non-hydrogen) atoms. The Kier molecular flexibility index (Phi) is 7.24. The molecular weight excluding hydrogens is 439 g/mol. The Labute approximate surface area is 197 Å². The largest absolute Gasteiger partial charge is 0.508 e. The number of nitrogens with zero attached hydrogens (tertiary/aromatic N) is 5. The van der Waals surface area contributed by atoms with E-state index >= 15 is 0 Å². The van der Waals surface area contributed by atoms with E-state index in [4.69, 9.17) is 4.74 Å². The summed E-state index contributed by atoms with van der Waals surface area (Å²) in [5.74, 6) is 0.262. The van der Waals surface area contributed by atoms with Crippen LogP contribution in [0.1, 0.15) is 11.3 Å². The fourth-order valence-corrected chi connectivity index (χ4v) is 3.55. The summed E-state index contributed by atoms with van der Waals surface area (Å²) in [6.07, 6.45) is 2.91. The Hall–Kier alpha value is -3.70. The number of morpholine rings is 1. The Morgan fingerprint density at radius 2 is 1.91 bits per heavy atom. The van der Waals surface area contributed by atoms with Crippen LogP contribution < -0.4 is 26.0 Å². The van der Waals surface area contributed by atoms with Gasteiger partial charge in [-0.25, -0.2) is 14.8 Å². The van der Waals surface area contributed by atoms with E-state index in [9.17, 15) is 9.50 Å². The van der Waals surface area contributed by atoms with E-state index < -0.39 is 5.82 Å². The van der Waals surface area contributed by atoms with Crippen molar-refractivity contribution in [2.45, 2.75) is 13.5 Å². The number of nitrogens with one attached hydrogen (secondary N) is 3. The van der Waals surface area contributed by atoms with E-state index in [1.54, 1.807) is 18.3 Å². The van der Waals surface area contributed by atoms with Crippen LogP contribution in [0.5, 0.6) is 5.75 Å². The van der Waals surface area contributed by atoms with Crippen molar-refractivity contribution in [1.82, 2.24) is 20.4 Å². The highest BCUT2D eigenvalue weighted by atomic mass is 19.1. The number of benzene rings is 1. The number of rotatable bonds is 8. The van der Waals surface area contributed by atoms with Gasteiger partial charge in [-0.05, 0) is 24.6 Å². The van der Waals surface area contributed by atoms with Gasteiger partial charge in [0, 0.05) is 50.7 Å². The zero-order chi connectivity index (χ0) is 24.1. The van der Waals surface area contributed by atoms with E-state index in [2.05, 4.69) is 31.1 Å². The third kappa shape index (κ3) is 5.80.